The molecule has 1 aromatic carbocycles. The Morgan fingerprint density at radius 3 is 2.45 bits per heavy atom. The van der Waals surface area contributed by atoms with Gasteiger partial charge in [0.15, 0.2) is 0 Å². The quantitative estimate of drug-likeness (QED) is 0.850. The molecule has 4 heteroatoms. The van der Waals surface area contributed by atoms with E-state index in [1.54, 1.807) is 0 Å². The summed E-state index contributed by atoms with van der Waals surface area (Å²) in [5.41, 5.74) is 3.28. The summed E-state index contributed by atoms with van der Waals surface area (Å²) in [5.74, 6) is 0.0706. The van der Waals surface area contributed by atoms with Crippen LogP contribution in [0, 0.1) is 0 Å². The molecule has 0 radical (unpaired) electrons. The zero-order valence-electron chi connectivity index (χ0n) is 13.2. The Kier molecular flexibility index (Phi) is 5.95. The third kappa shape index (κ3) is 4.88. The SMILES string of the molecule is CCCC(=O)Nc1ccc(N(C)CCc2ccncc2)cc1. The van der Waals surface area contributed by atoms with Crippen molar-refractivity contribution < 1.29 is 4.79 Å². The lowest BCUT2D eigenvalue weighted by atomic mass is 10.2. The second-order valence-electron chi connectivity index (χ2n) is 5.37. The first-order valence-corrected chi connectivity index (χ1v) is 7.69. The van der Waals surface area contributed by atoms with E-state index in [0.717, 1.165) is 30.8 Å². The van der Waals surface area contributed by atoms with Gasteiger partial charge in [0.05, 0.1) is 0 Å². The summed E-state index contributed by atoms with van der Waals surface area (Å²) in [4.78, 5) is 17.8. The minimum Gasteiger partial charge on any atom is -0.374 e. The predicted molar refractivity (Wildman–Crippen MR) is 91.2 cm³/mol. The summed E-state index contributed by atoms with van der Waals surface area (Å²) >= 11 is 0. The summed E-state index contributed by atoms with van der Waals surface area (Å²) in [6.07, 6.45) is 6.05. The van der Waals surface area contributed by atoms with Gasteiger partial charge < -0.3 is 10.2 Å². The number of rotatable bonds is 7. The first-order chi connectivity index (χ1) is 10.7. The van der Waals surface area contributed by atoms with Gasteiger partial charge in [0.2, 0.25) is 5.91 Å². The molecule has 4 nitrogen and oxygen atoms in total. The largest absolute Gasteiger partial charge is 0.374 e. The minimum absolute atomic E-state index is 0.0706. The lowest BCUT2D eigenvalue weighted by Gasteiger charge is -2.19. The molecule has 0 atom stereocenters. The molecule has 2 rings (SSSR count). The molecule has 1 heterocycles. The van der Waals surface area contributed by atoms with Crippen molar-refractivity contribution in [3.8, 4) is 0 Å². The van der Waals surface area contributed by atoms with Gasteiger partial charge in [0.25, 0.3) is 0 Å². The van der Waals surface area contributed by atoms with Crippen LogP contribution in [0.3, 0.4) is 0 Å². The molecule has 1 N–H and O–H groups in total. The van der Waals surface area contributed by atoms with Crippen LogP contribution >= 0.6 is 0 Å². The van der Waals surface area contributed by atoms with Crippen LogP contribution in [0.2, 0.25) is 0 Å². The van der Waals surface area contributed by atoms with Crippen molar-refractivity contribution in [1.82, 2.24) is 4.98 Å². The van der Waals surface area contributed by atoms with Crippen LogP contribution in [-0.4, -0.2) is 24.5 Å². The highest BCUT2D eigenvalue weighted by Gasteiger charge is 2.04. The number of likely N-dealkylation sites (N-methyl/N-ethyl adjacent to an activating group) is 1. The van der Waals surface area contributed by atoms with Crippen LogP contribution in [0.25, 0.3) is 0 Å². The monoisotopic (exact) mass is 297 g/mol. The number of nitrogens with zero attached hydrogens (tertiary/aromatic N) is 2. The van der Waals surface area contributed by atoms with Gasteiger partial charge in [-0.05, 0) is 54.8 Å². The maximum Gasteiger partial charge on any atom is 0.224 e. The second-order valence-corrected chi connectivity index (χ2v) is 5.37. The standard InChI is InChI=1S/C18H23N3O/c1-3-4-18(22)20-16-5-7-17(8-6-16)21(2)14-11-15-9-12-19-13-10-15/h5-10,12-13H,3-4,11,14H2,1-2H3,(H,20,22). The Morgan fingerprint density at radius 1 is 1.14 bits per heavy atom. The molecule has 0 fully saturated rings. The number of hydrogen-bond acceptors (Lipinski definition) is 3. The molecule has 0 saturated heterocycles. The molecule has 1 aromatic heterocycles. The Balaban J connectivity index is 1.88. The maximum atomic E-state index is 11.6. The van der Waals surface area contributed by atoms with Gasteiger partial charge >= 0.3 is 0 Å². The van der Waals surface area contributed by atoms with E-state index >= 15 is 0 Å². The predicted octanol–water partition coefficient (Wildman–Crippen LogP) is 3.50. The zero-order valence-corrected chi connectivity index (χ0v) is 13.2. The van der Waals surface area contributed by atoms with Gasteiger partial charge in [-0.3, -0.25) is 9.78 Å². The van der Waals surface area contributed by atoms with Crippen LogP contribution in [0.15, 0.2) is 48.8 Å². The lowest BCUT2D eigenvalue weighted by Crippen LogP contribution is -2.20. The molecule has 0 aliphatic heterocycles. The summed E-state index contributed by atoms with van der Waals surface area (Å²) in [6.45, 7) is 2.94. The van der Waals surface area contributed by atoms with E-state index in [4.69, 9.17) is 0 Å². The Bertz CT molecular complexity index is 581. The maximum absolute atomic E-state index is 11.6. The van der Waals surface area contributed by atoms with E-state index in [-0.39, 0.29) is 5.91 Å². The van der Waals surface area contributed by atoms with Gasteiger partial charge in [-0.25, -0.2) is 0 Å². The third-order valence-corrected chi connectivity index (χ3v) is 3.55. The third-order valence-electron chi connectivity index (χ3n) is 3.55. The fourth-order valence-corrected chi connectivity index (χ4v) is 2.23. The molecular weight excluding hydrogens is 274 g/mol. The zero-order chi connectivity index (χ0) is 15.8. The average molecular weight is 297 g/mol. The number of carbonyl (C=O) groups excluding carboxylic acids is 1. The summed E-state index contributed by atoms with van der Waals surface area (Å²) in [5, 5.41) is 2.90. The number of carbonyl (C=O) groups is 1. The van der Waals surface area contributed by atoms with Crippen molar-refractivity contribution in [1.29, 1.82) is 0 Å². The van der Waals surface area contributed by atoms with Crippen molar-refractivity contribution in [3.63, 3.8) is 0 Å². The Labute approximate surface area is 132 Å². The molecule has 116 valence electrons. The fraction of sp³-hybridized carbons (Fsp3) is 0.333. The highest BCUT2D eigenvalue weighted by atomic mass is 16.1. The molecule has 0 bridgehead atoms. The Morgan fingerprint density at radius 2 is 1.82 bits per heavy atom. The molecule has 0 saturated carbocycles. The van der Waals surface area contributed by atoms with Crippen LogP contribution in [0.4, 0.5) is 11.4 Å². The Hall–Kier alpha value is -2.36. The fourth-order valence-electron chi connectivity index (χ4n) is 2.23. The number of nitrogens with one attached hydrogen (secondary N) is 1. The van der Waals surface area contributed by atoms with Gasteiger partial charge in [-0.15, -0.1) is 0 Å². The van der Waals surface area contributed by atoms with Gasteiger partial charge in [-0.1, -0.05) is 6.92 Å². The van der Waals surface area contributed by atoms with E-state index in [0.29, 0.717) is 6.42 Å². The van der Waals surface area contributed by atoms with Gasteiger partial charge in [0.1, 0.15) is 0 Å². The van der Waals surface area contributed by atoms with Crippen LogP contribution < -0.4 is 10.2 Å². The number of aromatic nitrogens is 1. The van der Waals surface area contributed by atoms with E-state index in [9.17, 15) is 4.79 Å². The second kappa shape index (κ2) is 8.17. The van der Waals surface area contributed by atoms with Crippen molar-refractivity contribution in [2.24, 2.45) is 0 Å². The minimum atomic E-state index is 0.0706. The van der Waals surface area contributed by atoms with Crippen molar-refractivity contribution in [2.45, 2.75) is 26.2 Å². The normalized spacial score (nSPS) is 10.3. The van der Waals surface area contributed by atoms with Crippen molar-refractivity contribution >= 4 is 17.3 Å². The first kappa shape index (κ1) is 16.0. The molecule has 1 amide bonds. The molecular formula is C18H23N3O. The lowest BCUT2D eigenvalue weighted by molar-refractivity contribution is -0.116. The summed E-state index contributed by atoms with van der Waals surface area (Å²) in [7, 11) is 2.08. The smallest absolute Gasteiger partial charge is 0.224 e. The highest BCUT2D eigenvalue weighted by molar-refractivity contribution is 5.90. The number of anilines is 2. The van der Waals surface area contributed by atoms with E-state index in [1.807, 2.05) is 55.7 Å². The first-order valence-electron chi connectivity index (χ1n) is 7.69. The number of amides is 1. The highest BCUT2D eigenvalue weighted by Crippen LogP contribution is 2.17. The van der Waals surface area contributed by atoms with Crippen molar-refractivity contribution in [2.75, 3.05) is 23.8 Å². The molecule has 0 spiro atoms. The average Bonchev–Trinajstić information content (AvgIpc) is 2.54. The number of pyridine rings is 1. The summed E-state index contributed by atoms with van der Waals surface area (Å²) in [6, 6.07) is 12.1. The number of hydrogen-bond donors (Lipinski definition) is 1. The van der Waals surface area contributed by atoms with Crippen molar-refractivity contribution in [3.05, 3.63) is 54.4 Å². The number of benzene rings is 1. The topological polar surface area (TPSA) is 45.2 Å². The molecule has 0 aliphatic rings. The van der Waals surface area contributed by atoms with Crippen LogP contribution in [0.5, 0.6) is 0 Å². The van der Waals surface area contributed by atoms with Crippen LogP contribution in [-0.2, 0) is 11.2 Å². The molecule has 22 heavy (non-hydrogen) atoms. The van der Waals surface area contributed by atoms with E-state index < -0.39 is 0 Å². The van der Waals surface area contributed by atoms with E-state index in [1.165, 1.54) is 5.56 Å². The molecule has 0 aliphatic carbocycles. The molecule has 0 unspecified atom stereocenters. The van der Waals surface area contributed by atoms with E-state index in [2.05, 4.69) is 22.2 Å². The molecule has 2 aromatic rings. The van der Waals surface area contributed by atoms with Gasteiger partial charge in [-0.2, -0.15) is 0 Å². The van der Waals surface area contributed by atoms with Gasteiger partial charge in [0, 0.05) is 43.8 Å². The summed E-state index contributed by atoms with van der Waals surface area (Å²) < 4.78 is 0. The van der Waals surface area contributed by atoms with Crippen LogP contribution in [0.1, 0.15) is 25.3 Å².